The third-order valence-electron chi connectivity index (χ3n) is 7.75. The standard InChI is InChI=1S/C29H38N6O6S/c1-22-5-4-6-23(15-22)17-34-18-25(30-31-34)19-35-20-26(21-42(35,37)38)33-11-9-32(10-12-33)13-14-41-29(36)24-7-8-27(39-2)28(16-24)40-3/h4-8,15-16,18,26H,9-14,17,19-21H2,1-3H3. The van der Waals surface area contributed by atoms with Gasteiger partial charge in [-0.15, -0.1) is 5.10 Å². The molecule has 1 atom stereocenters. The lowest BCUT2D eigenvalue weighted by atomic mass is 10.1. The van der Waals surface area contributed by atoms with Crippen molar-refractivity contribution in [3.05, 3.63) is 71.0 Å². The molecule has 3 heterocycles. The quantitative estimate of drug-likeness (QED) is 0.301. The van der Waals surface area contributed by atoms with Crippen molar-refractivity contribution < 1.29 is 27.4 Å². The zero-order valence-electron chi connectivity index (χ0n) is 24.3. The first-order valence-electron chi connectivity index (χ1n) is 14.0. The molecule has 0 spiro atoms. The van der Waals surface area contributed by atoms with Gasteiger partial charge in [0.05, 0.1) is 50.5 Å². The summed E-state index contributed by atoms with van der Waals surface area (Å²) in [5, 5.41) is 8.43. The number of carbonyl (C=O) groups excluding carboxylic acids is 1. The largest absolute Gasteiger partial charge is 0.493 e. The van der Waals surface area contributed by atoms with Gasteiger partial charge in [-0.05, 0) is 30.7 Å². The van der Waals surface area contributed by atoms with Gasteiger partial charge in [-0.1, -0.05) is 35.0 Å². The summed E-state index contributed by atoms with van der Waals surface area (Å²) in [4.78, 5) is 17.0. The molecule has 1 unspecified atom stereocenters. The van der Waals surface area contributed by atoms with Gasteiger partial charge in [0.1, 0.15) is 6.61 Å². The van der Waals surface area contributed by atoms with Crippen LogP contribution in [0.3, 0.4) is 0 Å². The first-order valence-corrected chi connectivity index (χ1v) is 15.6. The first-order chi connectivity index (χ1) is 20.2. The first kappa shape index (κ1) is 30.0. The molecule has 0 aliphatic carbocycles. The summed E-state index contributed by atoms with van der Waals surface area (Å²) in [6, 6.07) is 13.1. The molecule has 0 bridgehead atoms. The number of hydrogen-bond donors (Lipinski definition) is 0. The number of aromatic nitrogens is 3. The topological polar surface area (TPSA) is 119 Å². The number of hydrogen-bond acceptors (Lipinski definition) is 10. The summed E-state index contributed by atoms with van der Waals surface area (Å²) in [5.41, 5.74) is 3.34. The molecule has 226 valence electrons. The van der Waals surface area contributed by atoms with E-state index in [0.717, 1.165) is 31.7 Å². The van der Waals surface area contributed by atoms with Gasteiger partial charge < -0.3 is 14.2 Å². The number of nitrogens with zero attached hydrogens (tertiary/aromatic N) is 6. The summed E-state index contributed by atoms with van der Waals surface area (Å²) in [7, 11) is -0.325. The molecular weight excluding hydrogens is 560 g/mol. The van der Waals surface area contributed by atoms with E-state index in [9.17, 15) is 13.2 Å². The average Bonchev–Trinajstić information content (AvgIpc) is 3.55. The molecule has 0 N–H and O–H groups in total. The number of benzene rings is 2. The second-order valence-electron chi connectivity index (χ2n) is 10.7. The molecule has 2 aliphatic rings. The number of aryl methyl sites for hydroxylation is 1. The van der Waals surface area contributed by atoms with Crippen LogP contribution in [-0.2, 0) is 27.8 Å². The normalized spacial score (nSPS) is 19.5. The van der Waals surface area contributed by atoms with Crippen LogP contribution < -0.4 is 9.47 Å². The van der Waals surface area contributed by atoms with Gasteiger partial charge in [0.15, 0.2) is 11.5 Å². The second-order valence-corrected chi connectivity index (χ2v) is 12.7. The monoisotopic (exact) mass is 598 g/mol. The predicted molar refractivity (Wildman–Crippen MR) is 156 cm³/mol. The SMILES string of the molecule is COc1ccc(C(=O)OCCN2CCN(C3CN(Cc4cn(Cc5cccc(C)c5)nn4)S(=O)(=O)C3)CC2)cc1OC. The maximum absolute atomic E-state index is 13.0. The van der Waals surface area contributed by atoms with Crippen molar-refractivity contribution in [3.8, 4) is 11.5 Å². The Hall–Kier alpha value is -3.52. The minimum absolute atomic E-state index is 0.0673. The summed E-state index contributed by atoms with van der Waals surface area (Å²) in [6.45, 7) is 7.23. The summed E-state index contributed by atoms with van der Waals surface area (Å²) < 4.78 is 45.2. The van der Waals surface area contributed by atoms with Gasteiger partial charge >= 0.3 is 5.97 Å². The lowest BCUT2D eigenvalue weighted by molar-refractivity contribution is 0.0401. The highest BCUT2D eigenvalue weighted by molar-refractivity contribution is 7.89. The molecular formula is C29H38N6O6S. The van der Waals surface area contributed by atoms with Crippen LogP contribution in [0.2, 0.25) is 0 Å². The highest BCUT2D eigenvalue weighted by Crippen LogP contribution is 2.28. The third-order valence-corrected chi connectivity index (χ3v) is 9.62. The maximum Gasteiger partial charge on any atom is 0.338 e. The fourth-order valence-corrected chi connectivity index (χ4v) is 7.21. The Bertz CT molecular complexity index is 1490. The fourth-order valence-electron chi connectivity index (χ4n) is 5.47. The number of ether oxygens (including phenoxy) is 3. The third kappa shape index (κ3) is 7.27. The van der Waals surface area contributed by atoms with Crippen LogP contribution in [0.15, 0.2) is 48.7 Å². The van der Waals surface area contributed by atoms with Gasteiger partial charge in [-0.2, -0.15) is 4.31 Å². The highest BCUT2D eigenvalue weighted by atomic mass is 32.2. The van der Waals surface area contributed by atoms with Crippen LogP contribution in [0.5, 0.6) is 11.5 Å². The Labute approximate surface area is 246 Å². The van der Waals surface area contributed by atoms with Gasteiger partial charge in [0.25, 0.3) is 0 Å². The van der Waals surface area contributed by atoms with E-state index < -0.39 is 16.0 Å². The van der Waals surface area contributed by atoms with Crippen molar-refractivity contribution in [1.29, 1.82) is 0 Å². The van der Waals surface area contributed by atoms with Crippen LogP contribution in [-0.4, -0.2) is 115 Å². The molecule has 13 heteroatoms. The van der Waals surface area contributed by atoms with E-state index in [1.165, 1.54) is 17.0 Å². The summed E-state index contributed by atoms with van der Waals surface area (Å²) in [5.74, 6) is 0.709. The minimum Gasteiger partial charge on any atom is -0.493 e. The fraction of sp³-hybridized carbons (Fsp3) is 0.483. The van der Waals surface area contributed by atoms with E-state index in [1.807, 2.05) is 31.3 Å². The van der Waals surface area contributed by atoms with Gasteiger partial charge in [-0.25, -0.2) is 17.9 Å². The molecule has 0 amide bonds. The van der Waals surface area contributed by atoms with Crippen LogP contribution in [0.1, 0.15) is 27.2 Å². The smallest absolute Gasteiger partial charge is 0.338 e. The lowest BCUT2D eigenvalue weighted by Crippen LogP contribution is -2.52. The Morgan fingerprint density at radius 3 is 2.52 bits per heavy atom. The van der Waals surface area contributed by atoms with Crippen LogP contribution in [0, 0.1) is 6.92 Å². The lowest BCUT2D eigenvalue weighted by Gasteiger charge is -2.37. The summed E-state index contributed by atoms with van der Waals surface area (Å²) >= 11 is 0. The predicted octanol–water partition coefficient (Wildman–Crippen LogP) is 1.64. The van der Waals surface area contributed by atoms with Crippen molar-refractivity contribution in [2.75, 3.05) is 65.8 Å². The Morgan fingerprint density at radius 1 is 1.00 bits per heavy atom. The van der Waals surface area contributed by atoms with Crippen molar-refractivity contribution in [3.63, 3.8) is 0 Å². The Morgan fingerprint density at radius 2 is 1.79 bits per heavy atom. The number of rotatable bonds is 11. The summed E-state index contributed by atoms with van der Waals surface area (Å²) in [6.07, 6.45) is 1.82. The molecule has 0 radical (unpaired) electrons. The Kier molecular flexibility index (Phi) is 9.41. The Balaban J connectivity index is 1.06. The van der Waals surface area contributed by atoms with Gasteiger partial charge in [0.2, 0.25) is 10.0 Å². The average molecular weight is 599 g/mol. The molecule has 0 saturated carbocycles. The highest BCUT2D eigenvalue weighted by Gasteiger charge is 2.40. The molecule has 5 rings (SSSR count). The van der Waals surface area contributed by atoms with Crippen molar-refractivity contribution in [2.45, 2.75) is 26.1 Å². The van der Waals surface area contributed by atoms with E-state index in [2.05, 4.69) is 26.2 Å². The van der Waals surface area contributed by atoms with E-state index in [1.54, 1.807) is 30.0 Å². The van der Waals surface area contributed by atoms with E-state index in [0.29, 0.717) is 42.4 Å². The van der Waals surface area contributed by atoms with E-state index in [-0.39, 0.29) is 24.9 Å². The van der Waals surface area contributed by atoms with Crippen LogP contribution in [0.25, 0.3) is 0 Å². The van der Waals surface area contributed by atoms with E-state index >= 15 is 0 Å². The number of carbonyl (C=O) groups is 1. The van der Waals surface area contributed by atoms with Crippen LogP contribution in [0.4, 0.5) is 0 Å². The van der Waals surface area contributed by atoms with Gasteiger partial charge in [0, 0.05) is 45.3 Å². The zero-order valence-corrected chi connectivity index (χ0v) is 25.1. The van der Waals surface area contributed by atoms with Gasteiger partial charge in [-0.3, -0.25) is 9.80 Å². The molecule has 1 aromatic heterocycles. The number of sulfonamides is 1. The minimum atomic E-state index is -3.39. The van der Waals surface area contributed by atoms with Crippen LogP contribution >= 0.6 is 0 Å². The second kappa shape index (κ2) is 13.2. The van der Waals surface area contributed by atoms with E-state index in [4.69, 9.17) is 14.2 Å². The zero-order chi connectivity index (χ0) is 29.7. The molecule has 2 fully saturated rings. The molecule has 12 nitrogen and oxygen atoms in total. The molecule has 2 aliphatic heterocycles. The number of methoxy groups -OCH3 is 2. The molecule has 2 saturated heterocycles. The number of esters is 1. The van der Waals surface area contributed by atoms with Crippen molar-refractivity contribution >= 4 is 16.0 Å². The molecule has 42 heavy (non-hydrogen) atoms. The number of piperazine rings is 1. The molecule has 3 aromatic rings. The maximum atomic E-state index is 13.0. The van der Waals surface area contributed by atoms with Crippen molar-refractivity contribution in [1.82, 2.24) is 29.1 Å². The van der Waals surface area contributed by atoms with Crippen molar-refractivity contribution in [2.24, 2.45) is 0 Å². The molecule has 2 aromatic carbocycles.